The average molecular weight is 1340 g/mol. The number of piperidine rings is 2. The summed E-state index contributed by atoms with van der Waals surface area (Å²) >= 11 is 0. The molecule has 16 rings (SSSR count). The first-order valence-corrected chi connectivity index (χ1v) is 32.7. The summed E-state index contributed by atoms with van der Waals surface area (Å²) in [6, 6.07) is 70.6. The molecule has 8 aromatic carbocycles. The number of hydrogen-bond acceptors (Lipinski definition) is 16. The van der Waals surface area contributed by atoms with Gasteiger partial charge < -0.3 is 21.3 Å². The third-order valence-corrected chi connectivity index (χ3v) is 18.5. The number of β-amino-alcohol motifs (C(OH)–C–C–N with tert-alkyl or cyclic N) is 1. The van der Waals surface area contributed by atoms with Gasteiger partial charge >= 0.3 is 29.6 Å². The molecule has 0 aliphatic carbocycles. The second-order valence-electron chi connectivity index (χ2n) is 25.1. The van der Waals surface area contributed by atoms with E-state index in [0.717, 1.165) is 36.0 Å². The van der Waals surface area contributed by atoms with Crippen molar-refractivity contribution in [2.24, 2.45) is 0 Å². The van der Waals surface area contributed by atoms with Gasteiger partial charge in [0, 0.05) is 60.5 Å². The number of ether oxygens (including phenoxy) is 2. The summed E-state index contributed by atoms with van der Waals surface area (Å²) < 4.78 is 11.9. The average Bonchev–Trinajstić information content (AvgIpc) is 1.59. The number of benzene rings is 8. The van der Waals surface area contributed by atoms with Gasteiger partial charge in [0.05, 0.1) is 59.6 Å². The van der Waals surface area contributed by atoms with Gasteiger partial charge in [-0.3, -0.25) is 78.3 Å². The number of rotatable bonds is 15. The molecule has 497 valence electrons. The number of Topliss-reactive ketones (excluding diaryl/α,β-unsaturated/α-hetero) is 1. The van der Waals surface area contributed by atoms with Crippen LogP contribution in [0.4, 0.5) is 0 Å². The predicted octanol–water partition coefficient (Wildman–Crippen LogP) is 4.23. The maximum absolute atomic E-state index is 13.1. The molecule has 6 saturated heterocycles. The van der Waals surface area contributed by atoms with Crippen molar-refractivity contribution in [3.63, 3.8) is 0 Å². The van der Waals surface area contributed by atoms with Crippen LogP contribution in [0, 0.1) is 0 Å². The Hall–Kier alpha value is -9.55. The van der Waals surface area contributed by atoms with Crippen LogP contribution in [0.5, 0.6) is 11.5 Å². The number of carbonyl (C=O) groups excluding carboxylic acids is 9. The molecule has 6 fully saturated rings. The van der Waals surface area contributed by atoms with Crippen LogP contribution in [0.1, 0.15) is 120 Å². The van der Waals surface area contributed by atoms with E-state index in [1.54, 1.807) is 36.4 Å². The van der Waals surface area contributed by atoms with Crippen LogP contribution in [-0.2, 0) is 24.0 Å². The van der Waals surface area contributed by atoms with Gasteiger partial charge in [-0.05, 0) is 82.6 Å². The molecule has 22 heteroatoms. The van der Waals surface area contributed by atoms with Crippen molar-refractivity contribution < 1.29 is 88.7 Å². The molecule has 0 bridgehead atoms. The summed E-state index contributed by atoms with van der Waals surface area (Å²) in [6.07, 6.45) is 0.290. The molecule has 8 amide bonds. The normalized spacial score (nSPS) is 19.2. The summed E-state index contributed by atoms with van der Waals surface area (Å²) in [4.78, 5) is 118. The minimum absolute atomic E-state index is 0. The van der Waals surface area contributed by atoms with Gasteiger partial charge in [-0.1, -0.05) is 182 Å². The van der Waals surface area contributed by atoms with Gasteiger partial charge in [-0.15, -0.1) is 0 Å². The number of fused-ring (bicyclic) bond motifs is 2. The maximum Gasteiger partial charge on any atom is 1.00 e. The number of likely N-dealkylation sites (tertiary alicyclic amines) is 3. The van der Waals surface area contributed by atoms with Crippen LogP contribution < -0.4 is 55.0 Å². The van der Waals surface area contributed by atoms with Crippen molar-refractivity contribution in [2.45, 2.75) is 74.2 Å². The van der Waals surface area contributed by atoms with Gasteiger partial charge in [0.15, 0.2) is 5.78 Å². The molecular weight excluding hydrogens is 1260 g/mol. The number of ketones is 1. The predicted molar refractivity (Wildman–Crippen MR) is 365 cm³/mol. The molecule has 99 heavy (non-hydrogen) atoms. The Morgan fingerprint density at radius 3 is 1.01 bits per heavy atom. The third-order valence-electron chi connectivity index (χ3n) is 18.5. The van der Waals surface area contributed by atoms with Gasteiger partial charge in [0.1, 0.15) is 35.8 Å². The first kappa shape index (κ1) is 70.8. The Morgan fingerprint density at radius 2 is 0.707 bits per heavy atom. The molecule has 8 aliphatic rings. The molecule has 0 spiro atoms. The summed E-state index contributed by atoms with van der Waals surface area (Å²) in [7, 11) is 0. The van der Waals surface area contributed by atoms with Crippen LogP contribution in [0.15, 0.2) is 218 Å². The van der Waals surface area contributed by atoms with E-state index >= 15 is 0 Å². The molecule has 8 aliphatic heterocycles. The molecule has 2 unspecified atom stereocenters. The SMILES string of the molecule is O=C1CCC(N2C(=O)c3ccc(OC4CN(C(c5ccccc5)c5ccccc5)C4)cc3C2=O)C(=O)N1.O=C1CCC(N2C(=O)c3ccc(OC4CNC4)cc3C2=O)C(=O)N1.O=C1CN(C(c2ccccc2)c2ccccc2)C1.OC1CN(C(c2ccccc2)c2ccccc2)C1.[B].[H-].[Na+]. The molecule has 20 nitrogen and oxygen atoms in total. The summed E-state index contributed by atoms with van der Waals surface area (Å²) in [6.45, 7) is 5.55. The second-order valence-corrected chi connectivity index (χ2v) is 25.1. The largest absolute Gasteiger partial charge is 1.00 e. The molecule has 0 saturated carbocycles. The topological polar surface area (TPSA) is 245 Å². The molecular formula is C77H73BN8NaO12. The quantitative estimate of drug-likeness (QED) is 0.0829. The Bertz CT molecular complexity index is 4130. The number of nitrogens with one attached hydrogen (secondary N) is 3. The maximum atomic E-state index is 13.1. The van der Waals surface area contributed by atoms with Crippen molar-refractivity contribution in [3.05, 3.63) is 274 Å². The summed E-state index contributed by atoms with van der Waals surface area (Å²) in [5, 5.41) is 17.0. The van der Waals surface area contributed by atoms with Gasteiger partial charge in [-0.25, -0.2) is 0 Å². The van der Waals surface area contributed by atoms with E-state index in [-0.39, 0.29) is 124 Å². The van der Waals surface area contributed by atoms with Gasteiger partial charge in [-0.2, -0.15) is 0 Å². The standard InChI is InChI=1S/C29H25N3O5.C16H15N3O5.C16H17NO.C16H15NO.B.Na.H/c33-25-14-13-24(27(34)30-25)32-28(35)22-12-11-20(15-23(22)29(32)36)37-21-16-31(17-21)26(18-7-3-1-4-8-18)19-9-5-2-6-10-19;20-13-4-3-12(14(21)18-13)19-15(22)10-2-1-8(5-11(10)16(19)23)24-9-6-17-7-9;2*18-15-11-17(12-15)16(13-7-3-1-4-8-13)14-9-5-2-6-10-14;;;/h1-12,15,21,24,26H,13-14,16-17H2,(H,30,33,34);1-2,5,9,12,17H,3-4,6-7H2,(H,18,20,21);1-10,15-16,18H,11-12H2;1-10,16H,11-12H2;;;/q;;;;;+1;-1. The van der Waals surface area contributed by atoms with E-state index in [1.807, 2.05) is 84.9 Å². The molecule has 8 heterocycles. The van der Waals surface area contributed by atoms with Crippen LogP contribution in [-0.4, -0.2) is 174 Å². The number of carbonyl (C=O) groups is 9. The molecule has 4 N–H and O–H groups in total. The number of aliphatic hydroxyl groups excluding tert-OH is 1. The van der Waals surface area contributed by atoms with E-state index < -0.39 is 59.3 Å². The Labute approximate surface area is 599 Å². The fraction of sp³-hybridized carbons (Fsp3) is 0.260. The van der Waals surface area contributed by atoms with Crippen molar-refractivity contribution in [3.8, 4) is 11.5 Å². The first-order valence-electron chi connectivity index (χ1n) is 32.7. The van der Waals surface area contributed by atoms with Gasteiger partial charge in [0.25, 0.3) is 23.6 Å². The Balaban J connectivity index is 0.000000150. The van der Waals surface area contributed by atoms with Crippen molar-refractivity contribution in [1.82, 2.24) is 40.4 Å². The van der Waals surface area contributed by atoms with Gasteiger partial charge in [0.2, 0.25) is 23.6 Å². The monoisotopic (exact) mass is 1340 g/mol. The fourth-order valence-electron chi connectivity index (χ4n) is 13.5. The first-order chi connectivity index (χ1) is 47.2. The molecule has 0 aromatic heterocycles. The number of nitrogens with zero attached hydrogens (tertiary/aromatic N) is 5. The molecule has 8 aromatic rings. The van der Waals surface area contributed by atoms with Crippen molar-refractivity contribution >= 4 is 61.5 Å². The number of hydrogen-bond donors (Lipinski definition) is 4. The summed E-state index contributed by atoms with van der Waals surface area (Å²) in [5.74, 6) is -2.77. The third kappa shape index (κ3) is 15.8. The smallest absolute Gasteiger partial charge is 1.00 e. The minimum Gasteiger partial charge on any atom is -1.00 e. The Kier molecular flexibility index (Phi) is 22.9. The van der Waals surface area contributed by atoms with Crippen molar-refractivity contribution in [2.75, 3.05) is 52.4 Å². The second kappa shape index (κ2) is 32.0. The molecule has 2 atom stereocenters. The van der Waals surface area contributed by atoms with E-state index in [4.69, 9.17) is 9.47 Å². The zero-order chi connectivity index (χ0) is 67.1. The number of amides is 8. The zero-order valence-electron chi connectivity index (χ0n) is 55.6. The van der Waals surface area contributed by atoms with Crippen LogP contribution in [0.3, 0.4) is 0 Å². The number of aliphatic hydroxyl groups is 1. The minimum atomic E-state index is -0.984. The van der Waals surface area contributed by atoms with Crippen LogP contribution in [0.25, 0.3) is 0 Å². The number of imide groups is 4. The van der Waals surface area contributed by atoms with E-state index in [1.165, 1.54) is 33.4 Å². The molecule has 3 radical (unpaired) electrons. The Morgan fingerprint density at radius 1 is 0.394 bits per heavy atom. The van der Waals surface area contributed by atoms with Crippen molar-refractivity contribution in [1.29, 1.82) is 0 Å². The van der Waals surface area contributed by atoms with E-state index in [2.05, 4.69) is 128 Å². The van der Waals surface area contributed by atoms with Crippen LogP contribution >= 0.6 is 0 Å². The van der Waals surface area contributed by atoms with E-state index in [9.17, 15) is 48.3 Å². The summed E-state index contributed by atoms with van der Waals surface area (Å²) in [5.41, 5.74) is 8.43. The van der Waals surface area contributed by atoms with E-state index in [0.29, 0.717) is 43.5 Å². The fourth-order valence-corrected chi connectivity index (χ4v) is 13.5. The van der Waals surface area contributed by atoms with Crippen LogP contribution in [0.2, 0.25) is 0 Å². The zero-order valence-corrected chi connectivity index (χ0v) is 56.6.